The first kappa shape index (κ1) is 16.8. The van der Waals surface area contributed by atoms with Crippen LogP contribution in [0.1, 0.15) is 26.4 Å². The Kier molecular flexibility index (Phi) is 3.92. The molecule has 7 heteroatoms. The molecule has 1 aromatic heterocycles. The summed E-state index contributed by atoms with van der Waals surface area (Å²) in [7, 11) is 1.79. The number of hydrogen-bond acceptors (Lipinski definition) is 4. The Labute approximate surface area is 155 Å². The number of nitrogens with zero attached hydrogens (tertiary/aromatic N) is 3. The van der Waals surface area contributed by atoms with Crippen molar-refractivity contribution in [2.45, 2.75) is 6.92 Å². The van der Waals surface area contributed by atoms with Crippen molar-refractivity contribution in [3.63, 3.8) is 0 Å². The molecule has 0 atom stereocenters. The van der Waals surface area contributed by atoms with Gasteiger partial charge in [-0.2, -0.15) is 0 Å². The largest absolute Gasteiger partial charge is 0.361 e. The standard InChI is InChI=1S/C20H18N4O3/c1-13-17(20(27)24(22(13)2)14-8-4-3-5-9-14)21-12-23-18(25)15-10-6-7-11-16(15)19(23)26/h3-11,21H,12H2,1-2H3. The molecule has 0 unspecified atom stereocenters. The smallest absolute Gasteiger partial charge is 0.295 e. The van der Waals surface area contributed by atoms with Gasteiger partial charge in [-0.25, -0.2) is 4.68 Å². The van der Waals surface area contributed by atoms with Gasteiger partial charge in [0.1, 0.15) is 5.69 Å². The van der Waals surface area contributed by atoms with Gasteiger partial charge in [-0.1, -0.05) is 30.3 Å². The van der Waals surface area contributed by atoms with Gasteiger partial charge in [0.05, 0.1) is 29.2 Å². The third-order valence-corrected chi connectivity index (χ3v) is 4.85. The highest BCUT2D eigenvalue weighted by Crippen LogP contribution is 2.22. The number of amides is 2. The van der Waals surface area contributed by atoms with Crippen LogP contribution >= 0.6 is 0 Å². The first-order valence-corrected chi connectivity index (χ1v) is 8.54. The number of imide groups is 1. The minimum absolute atomic E-state index is 0.0682. The summed E-state index contributed by atoms with van der Waals surface area (Å²) in [4.78, 5) is 38.9. The zero-order valence-corrected chi connectivity index (χ0v) is 15.0. The highest BCUT2D eigenvalue weighted by Gasteiger charge is 2.35. The molecule has 0 bridgehead atoms. The lowest BCUT2D eigenvalue weighted by molar-refractivity contribution is 0.0665. The lowest BCUT2D eigenvalue weighted by Crippen LogP contribution is -2.35. The molecule has 3 aromatic rings. The van der Waals surface area contributed by atoms with E-state index >= 15 is 0 Å². The van der Waals surface area contributed by atoms with E-state index in [0.717, 1.165) is 10.6 Å². The number of hydrogen-bond donors (Lipinski definition) is 1. The first-order chi connectivity index (χ1) is 13.0. The van der Waals surface area contributed by atoms with Gasteiger partial charge in [0.15, 0.2) is 0 Å². The predicted molar refractivity (Wildman–Crippen MR) is 101 cm³/mol. The number of para-hydroxylation sites is 1. The molecule has 0 aliphatic carbocycles. The second kappa shape index (κ2) is 6.28. The molecular weight excluding hydrogens is 344 g/mol. The molecule has 4 rings (SSSR count). The Morgan fingerprint density at radius 2 is 1.41 bits per heavy atom. The molecule has 1 N–H and O–H groups in total. The normalized spacial score (nSPS) is 13.2. The van der Waals surface area contributed by atoms with E-state index < -0.39 is 0 Å². The number of fused-ring (bicyclic) bond motifs is 1. The van der Waals surface area contributed by atoms with Crippen molar-refractivity contribution in [3.8, 4) is 5.69 Å². The van der Waals surface area contributed by atoms with Crippen LogP contribution in [0, 0.1) is 6.92 Å². The molecule has 0 saturated carbocycles. The van der Waals surface area contributed by atoms with Gasteiger partial charge in [-0.15, -0.1) is 0 Å². The minimum Gasteiger partial charge on any atom is -0.361 e. The Morgan fingerprint density at radius 1 is 0.852 bits per heavy atom. The second-order valence-corrected chi connectivity index (χ2v) is 6.36. The molecule has 0 radical (unpaired) electrons. The summed E-state index contributed by atoms with van der Waals surface area (Å²) in [5, 5.41) is 2.98. The molecule has 2 heterocycles. The molecule has 2 aromatic carbocycles. The quantitative estimate of drug-likeness (QED) is 0.722. The Morgan fingerprint density at radius 3 is 2.00 bits per heavy atom. The van der Waals surface area contributed by atoms with Crippen LogP contribution in [0.15, 0.2) is 59.4 Å². The van der Waals surface area contributed by atoms with Crippen LogP contribution in [0.25, 0.3) is 5.69 Å². The summed E-state index contributed by atoms with van der Waals surface area (Å²) in [5.41, 5.74) is 2.34. The summed E-state index contributed by atoms with van der Waals surface area (Å²) in [6.45, 7) is 1.74. The van der Waals surface area contributed by atoms with Crippen LogP contribution < -0.4 is 10.9 Å². The van der Waals surface area contributed by atoms with Crippen molar-refractivity contribution in [1.82, 2.24) is 14.3 Å². The highest BCUT2D eigenvalue weighted by atomic mass is 16.2. The van der Waals surface area contributed by atoms with Gasteiger partial charge >= 0.3 is 0 Å². The van der Waals surface area contributed by atoms with Gasteiger partial charge in [-0.05, 0) is 31.2 Å². The second-order valence-electron chi connectivity index (χ2n) is 6.36. The van der Waals surface area contributed by atoms with E-state index in [0.29, 0.717) is 22.5 Å². The fraction of sp³-hybridized carbons (Fsp3) is 0.150. The van der Waals surface area contributed by atoms with Crippen LogP contribution in [0.3, 0.4) is 0 Å². The molecule has 2 amide bonds. The van der Waals surface area contributed by atoms with E-state index in [1.165, 1.54) is 0 Å². The average Bonchev–Trinajstić information content (AvgIpc) is 3.06. The third-order valence-electron chi connectivity index (χ3n) is 4.85. The van der Waals surface area contributed by atoms with Gasteiger partial charge in [0.2, 0.25) is 0 Å². The van der Waals surface area contributed by atoms with Gasteiger partial charge in [-0.3, -0.25) is 24.0 Å². The monoisotopic (exact) mass is 362 g/mol. The summed E-state index contributed by atoms with van der Waals surface area (Å²) < 4.78 is 3.28. The highest BCUT2D eigenvalue weighted by molar-refractivity contribution is 6.21. The summed E-state index contributed by atoms with van der Waals surface area (Å²) in [6, 6.07) is 16.0. The summed E-state index contributed by atoms with van der Waals surface area (Å²) in [6.07, 6.45) is 0. The van der Waals surface area contributed by atoms with Crippen LogP contribution in [-0.4, -0.2) is 32.7 Å². The number of benzene rings is 2. The number of anilines is 1. The Balaban J connectivity index is 1.63. The Bertz CT molecular complexity index is 1080. The number of rotatable bonds is 4. The van der Waals surface area contributed by atoms with Gasteiger partial charge in [0.25, 0.3) is 17.4 Å². The fourth-order valence-electron chi connectivity index (χ4n) is 3.31. The number of aromatic nitrogens is 2. The summed E-state index contributed by atoms with van der Waals surface area (Å²) in [5.74, 6) is -0.722. The predicted octanol–water partition coefficient (Wildman–Crippen LogP) is 2.15. The van der Waals surface area contributed by atoms with Crippen LogP contribution in [0.2, 0.25) is 0 Å². The fourth-order valence-corrected chi connectivity index (χ4v) is 3.31. The van der Waals surface area contributed by atoms with E-state index in [1.54, 1.807) is 40.7 Å². The van der Waals surface area contributed by atoms with Crippen molar-refractivity contribution in [1.29, 1.82) is 0 Å². The first-order valence-electron chi connectivity index (χ1n) is 8.54. The van der Waals surface area contributed by atoms with Crippen molar-refractivity contribution < 1.29 is 9.59 Å². The summed E-state index contributed by atoms with van der Waals surface area (Å²) >= 11 is 0. The van der Waals surface area contributed by atoms with E-state index in [2.05, 4.69) is 5.32 Å². The van der Waals surface area contributed by atoms with Crippen molar-refractivity contribution in [3.05, 3.63) is 81.8 Å². The van der Waals surface area contributed by atoms with E-state index in [1.807, 2.05) is 37.3 Å². The number of nitrogens with one attached hydrogen (secondary N) is 1. The van der Waals surface area contributed by atoms with E-state index in [-0.39, 0.29) is 24.0 Å². The maximum Gasteiger partial charge on any atom is 0.295 e. The maximum atomic E-state index is 12.9. The lowest BCUT2D eigenvalue weighted by Gasteiger charge is -2.14. The zero-order chi connectivity index (χ0) is 19.1. The lowest BCUT2D eigenvalue weighted by atomic mass is 10.1. The van der Waals surface area contributed by atoms with Gasteiger partial charge in [0, 0.05) is 7.05 Å². The maximum absolute atomic E-state index is 12.9. The topological polar surface area (TPSA) is 76.3 Å². The minimum atomic E-state index is -0.361. The van der Waals surface area contributed by atoms with Crippen molar-refractivity contribution in [2.24, 2.45) is 7.05 Å². The number of carbonyl (C=O) groups excluding carboxylic acids is 2. The average molecular weight is 362 g/mol. The van der Waals surface area contributed by atoms with E-state index in [4.69, 9.17) is 0 Å². The molecule has 1 aliphatic rings. The SMILES string of the molecule is Cc1c(NCN2C(=O)c3ccccc3C2=O)c(=O)n(-c2ccccc2)n1C. The molecule has 0 spiro atoms. The molecule has 1 aliphatic heterocycles. The molecule has 0 saturated heterocycles. The zero-order valence-electron chi connectivity index (χ0n) is 15.0. The molecule has 136 valence electrons. The molecule has 27 heavy (non-hydrogen) atoms. The van der Waals surface area contributed by atoms with Crippen molar-refractivity contribution >= 4 is 17.5 Å². The van der Waals surface area contributed by atoms with Gasteiger partial charge < -0.3 is 5.32 Å². The van der Waals surface area contributed by atoms with E-state index in [9.17, 15) is 14.4 Å². The molecule has 0 fully saturated rings. The van der Waals surface area contributed by atoms with Crippen LogP contribution in [0.5, 0.6) is 0 Å². The molecular formula is C20H18N4O3. The third kappa shape index (κ3) is 2.55. The van der Waals surface area contributed by atoms with Crippen molar-refractivity contribution in [2.75, 3.05) is 12.0 Å². The number of carbonyl (C=O) groups is 2. The molecule has 7 nitrogen and oxygen atoms in total. The van der Waals surface area contributed by atoms with Crippen LogP contribution in [-0.2, 0) is 7.05 Å². The Hall–Kier alpha value is -3.61. The van der Waals surface area contributed by atoms with Crippen LogP contribution in [0.4, 0.5) is 5.69 Å².